The van der Waals surface area contributed by atoms with Crippen LogP contribution in [0.15, 0.2) is 0 Å². The van der Waals surface area contributed by atoms with E-state index in [1.165, 1.54) is 25.7 Å². The number of Topliss-reactive ketones (excluding diaryl/α,β-unsaturated/α-hetero) is 1. The molecule has 170 valence electrons. The van der Waals surface area contributed by atoms with E-state index in [2.05, 4.69) is 17.1 Å². The molecule has 0 aromatic heterocycles. The zero-order chi connectivity index (χ0) is 20.9. The Hall–Kier alpha value is -0.520. The van der Waals surface area contributed by atoms with Gasteiger partial charge in [-0.3, -0.25) is 9.69 Å². The van der Waals surface area contributed by atoms with Crippen LogP contribution in [0.5, 0.6) is 0 Å². The van der Waals surface area contributed by atoms with Crippen LogP contribution in [0, 0.1) is 40.9 Å². The van der Waals surface area contributed by atoms with Crippen LogP contribution in [0.2, 0.25) is 0 Å². The van der Waals surface area contributed by atoms with Crippen molar-refractivity contribution >= 4 is 5.78 Å². The topological polar surface area (TPSA) is 52.6 Å². The first kappa shape index (κ1) is 21.3. The number of hydrogen-bond donors (Lipinski definition) is 2. The molecular weight excluding hydrogens is 379 g/mol. The number of hydrogen-bond acceptors (Lipinski definition) is 4. The Bertz CT molecular complexity index is 653. The minimum atomic E-state index is -1.05. The number of halogens is 1. The maximum absolute atomic E-state index is 13.4. The summed E-state index contributed by atoms with van der Waals surface area (Å²) in [5, 5.41) is 13.9. The van der Waals surface area contributed by atoms with Crippen LogP contribution in [0.4, 0.5) is 4.39 Å². The molecule has 4 nitrogen and oxygen atoms in total. The van der Waals surface area contributed by atoms with Crippen molar-refractivity contribution in [1.82, 2.24) is 10.2 Å². The molecule has 5 heteroatoms. The molecule has 0 bridgehead atoms. The highest BCUT2D eigenvalue weighted by Crippen LogP contribution is 2.64. The van der Waals surface area contributed by atoms with Crippen LogP contribution in [-0.4, -0.2) is 60.8 Å². The monoisotopic (exact) mass is 420 g/mol. The maximum Gasteiger partial charge on any atom is 0.150 e. The number of carbonyl (C=O) groups is 1. The SMILES string of the molecule is C[C@]12CC[C@H]3[C@@H](CC[C@@H]4C[C@@](O)(CF)CC[C@@H]43)[C@@H]1CC[C@@H]2C(=O)CN1CCNCC1. The second kappa shape index (κ2) is 8.12. The smallest absolute Gasteiger partial charge is 0.150 e. The summed E-state index contributed by atoms with van der Waals surface area (Å²) < 4.78 is 13.4. The molecule has 5 fully saturated rings. The molecule has 0 aromatic rings. The second-order valence-electron chi connectivity index (χ2n) is 11.7. The van der Waals surface area contributed by atoms with Gasteiger partial charge in [0.1, 0.15) is 12.5 Å². The Kier molecular flexibility index (Phi) is 5.77. The Balaban J connectivity index is 1.27. The number of piperazine rings is 1. The molecule has 0 spiro atoms. The molecule has 1 saturated heterocycles. The number of nitrogens with one attached hydrogen (secondary N) is 1. The van der Waals surface area contributed by atoms with Gasteiger partial charge in [-0.15, -0.1) is 0 Å². The quantitative estimate of drug-likeness (QED) is 0.732. The summed E-state index contributed by atoms with van der Waals surface area (Å²) in [7, 11) is 0. The third kappa shape index (κ3) is 3.57. The van der Waals surface area contributed by atoms with Crippen molar-refractivity contribution in [3.63, 3.8) is 0 Å². The van der Waals surface area contributed by atoms with Crippen LogP contribution in [-0.2, 0) is 4.79 Å². The highest BCUT2D eigenvalue weighted by Gasteiger charge is 2.59. The summed E-state index contributed by atoms with van der Waals surface area (Å²) in [6.45, 7) is 6.51. The predicted molar refractivity (Wildman–Crippen MR) is 116 cm³/mol. The van der Waals surface area contributed by atoms with Crippen molar-refractivity contribution in [3.05, 3.63) is 0 Å². The van der Waals surface area contributed by atoms with Gasteiger partial charge in [0.2, 0.25) is 0 Å². The Morgan fingerprint density at radius 2 is 1.80 bits per heavy atom. The lowest BCUT2D eigenvalue weighted by atomic mass is 9.49. The number of fused-ring (bicyclic) bond motifs is 5. The molecule has 0 aromatic carbocycles. The number of nitrogens with zero attached hydrogens (tertiary/aromatic N) is 1. The molecule has 1 heterocycles. The molecule has 8 atom stereocenters. The molecule has 2 N–H and O–H groups in total. The zero-order valence-corrected chi connectivity index (χ0v) is 18.8. The van der Waals surface area contributed by atoms with Gasteiger partial charge in [-0.1, -0.05) is 6.92 Å². The van der Waals surface area contributed by atoms with Crippen molar-refractivity contribution in [2.75, 3.05) is 39.4 Å². The number of carbonyl (C=O) groups excluding carboxylic acids is 1. The van der Waals surface area contributed by atoms with Crippen LogP contribution < -0.4 is 5.32 Å². The Labute approximate surface area is 181 Å². The molecule has 0 radical (unpaired) electrons. The van der Waals surface area contributed by atoms with E-state index in [9.17, 15) is 14.3 Å². The third-order valence-electron chi connectivity index (χ3n) is 10.3. The minimum Gasteiger partial charge on any atom is -0.387 e. The lowest BCUT2D eigenvalue weighted by molar-refractivity contribution is -0.134. The van der Waals surface area contributed by atoms with E-state index in [0.717, 1.165) is 57.3 Å². The van der Waals surface area contributed by atoms with E-state index in [4.69, 9.17) is 0 Å². The summed E-state index contributed by atoms with van der Waals surface area (Å²) in [4.78, 5) is 15.7. The van der Waals surface area contributed by atoms with Gasteiger partial charge in [-0.25, -0.2) is 4.39 Å². The lowest BCUT2D eigenvalue weighted by Gasteiger charge is -2.57. The average Bonchev–Trinajstić information content (AvgIpc) is 3.11. The van der Waals surface area contributed by atoms with E-state index >= 15 is 0 Å². The fourth-order valence-electron chi connectivity index (χ4n) is 8.81. The number of alkyl halides is 1. The molecule has 0 unspecified atom stereocenters. The second-order valence-corrected chi connectivity index (χ2v) is 11.7. The van der Waals surface area contributed by atoms with Gasteiger partial charge < -0.3 is 10.4 Å². The van der Waals surface area contributed by atoms with Crippen LogP contribution in [0.1, 0.15) is 64.7 Å². The van der Waals surface area contributed by atoms with E-state index in [-0.39, 0.29) is 11.3 Å². The summed E-state index contributed by atoms with van der Waals surface area (Å²) in [5.74, 6) is 4.12. The van der Waals surface area contributed by atoms with Crippen molar-refractivity contribution < 1.29 is 14.3 Å². The van der Waals surface area contributed by atoms with Crippen LogP contribution in [0.25, 0.3) is 0 Å². The molecule has 4 saturated carbocycles. The van der Waals surface area contributed by atoms with Gasteiger partial charge in [-0.05, 0) is 92.8 Å². The molecule has 5 rings (SSSR count). The van der Waals surface area contributed by atoms with Crippen molar-refractivity contribution in [2.24, 2.45) is 40.9 Å². The van der Waals surface area contributed by atoms with Crippen molar-refractivity contribution in [1.29, 1.82) is 0 Å². The maximum atomic E-state index is 13.4. The molecule has 0 amide bonds. The van der Waals surface area contributed by atoms with Gasteiger partial charge in [0.05, 0.1) is 12.1 Å². The van der Waals surface area contributed by atoms with Gasteiger partial charge >= 0.3 is 0 Å². The Morgan fingerprint density at radius 3 is 2.57 bits per heavy atom. The average molecular weight is 421 g/mol. The number of aliphatic hydroxyl groups is 1. The Morgan fingerprint density at radius 1 is 1.03 bits per heavy atom. The van der Waals surface area contributed by atoms with Gasteiger partial charge in [-0.2, -0.15) is 0 Å². The lowest BCUT2D eigenvalue weighted by Crippen LogP contribution is -2.52. The van der Waals surface area contributed by atoms with Crippen molar-refractivity contribution in [2.45, 2.75) is 70.3 Å². The summed E-state index contributed by atoms with van der Waals surface area (Å²) in [5.41, 5.74) is -0.862. The zero-order valence-electron chi connectivity index (χ0n) is 18.8. The fourth-order valence-corrected chi connectivity index (χ4v) is 8.81. The largest absolute Gasteiger partial charge is 0.387 e. The molecule has 4 aliphatic carbocycles. The minimum absolute atomic E-state index is 0.188. The molecular formula is C25H41FN2O2. The summed E-state index contributed by atoms with van der Waals surface area (Å²) in [6, 6.07) is 0. The first-order valence-corrected chi connectivity index (χ1v) is 12.7. The van der Waals surface area contributed by atoms with Gasteiger partial charge in [0, 0.05) is 32.1 Å². The van der Waals surface area contributed by atoms with E-state index in [0.29, 0.717) is 42.9 Å². The van der Waals surface area contributed by atoms with E-state index < -0.39 is 12.3 Å². The summed E-state index contributed by atoms with van der Waals surface area (Å²) >= 11 is 0. The van der Waals surface area contributed by atoms with Gasteiger partial charge in [0.25, 0.3) is 0 Å². The molecule has 30 heavy (non-hydrogen) atoms. The highest BCUT2D eigenvalue weighted by molar-refractivity contribution is 5.84. The van der Waals surface area contributed by atoms with Gasteiger partial charge in [0.15, 0.2) is 0 Å². The van der Waals surface area contributed by atoms with Crippen LogP contribution >= 0.6 is 0 Å². The highest BCUT2D eigenvalue weighted by atomic mass is 19.1. The standard InChI is InChI=1S/C25H41FN2O2/c1-24-8-6-19-18-7-9-25(30,16-26)14-17(18)2-3-20(19)21(24)4-5-22(24)23(29)15-28-12-10-27-11-13-28/h17-22,27,30H,2-16H2,1H3/t17-,18+,19-,20-,21+,22-,24+,25-/m1/s1. The predicted octanol–water partition coefficient (Wildman–Crippen LogP) is 3.43. The van der Waals surface area contributed by atoms with Crippen LogP contribution in [0.3, 0.4) is 0 Å². The summed E-state index contributed by atoms with van der Waals surface area (Å²) in [6.07, 6.45) is 9.44. The molecule has 1 aliphatic heterocycles. The normalized spacial score (nSPS) is 49.2. The third-order valence-corrected chi connectivity index (χ3v) is 10.3. The number of rotatable bonds is 4. The van der Waals surface area contributed by atoms with E-state index in [1.54, 1.807) is 0 Å². The van der Waals surface area contributed by atoms with E-state index in [1.807, 2.05) is 0 Å². The first-order chi connectivity index (χ1) is 14.4. The molecule has 5 aliphatic rings. The fraction of sp³-hybridized carbons (Fsp3) is 0.960. The first-order valence-electron chi connectivity index (χ1n) is 12.7. The number of ketones is 1. The van der Waals surface area contributed by atoms with Crippen molar-refractivity contribution in [3.8, 4) is 0 Å².